The Morgan fingerprint density at radius 2 is 1.67 bits per heavy atom. The summed E-state index contributed by atoms with van der Waals surface area (Å²) < 4.78 is 5.65. The molecule has 0 saturated heterocycles. The molecule has 0 spiro atoms. The lowest BCUT2D eigenvalue weighted by Gasteiger charge is -2.11. The van der Waals surface area contributed by atoms with Crippen LogP contribution in [0.1, 0.15) is 11.5 Å². The number of hydrogen-bond donors (Lipinski definition) is 0. The van der Waals surface area contributed by atoms with E-state index < -0.39 is 0 Å². The van der Waals surface area contributed by atoms with Gasteiger partial charge in [-0.2, -0.15) is 0 Å². The average Bonchev–Trinajstić information content (AvgIpc) is 2.88. The van der Waals surface area contributed by atoms with Crippen LogP contribution in [0.2, 0.25) is 0 Å². The van der Waals surface area contributed by atoms with Gasteiger partial charge in [0.1, 0.15) is 5.52 Å². The van der Waals surface area contributed by atoms with Crippen LogP contribution < -0.4 is 4.90 Å². The van der Waals surface area contributed by atoms with E-state index in [-0.39, 0.29) is 12.4 Å². The number of nitrogens with zero attached hydrogens (tertiary/aromatic N) is 2. The molecule has 0 fully saturated rings. The quantitative estimate of drug-likeness (QED) is 0.714. The zero-order valence-electron chi connectivity index (χ0n) is 12.0. The third kappa shape index (κ3) is 3.44. The van der Waals surface area contributed by atoms with E-state index in [1.165, 1.54) is 5.69 Å². The molecule has 0 aliphatic carbocycles. The molecule has 3 aromatic rings. The first-order chi connectivity index (χ1) is 9.72. The van der Waals surface area contributed by atoms with E-state index in [4.69, 9.17) is 4.42 Å². The highest BCUT2D eigenvalue weighted by molar-refractivity contribution is 5.85. The first kappa shape index (κ1) is 15.1. The highest BCUT2D eigenvalue weighted by Gasteiger charge is 2.01. The number of aromatic nitrogens is 1. The zero-order chi connectivity index (χ0) is 13.9. The number of hydrogen-bond acceptors (Lipinski definition) is 3. The van der Waals surface area contributed by atoms with Gasteiger partial charge in [0.05, 0.1) is 0 Å². The summed E-state index contributed by atoms with van der Waals surface area (Å²) in [5, 5.41) is 0. The van der Waals surface area contributed by atoms with Gasteiger partial charge >= 0.3 is 0 Å². The summed E-state index contributed by atoms with van der Waals surface area (Å²) in [6, 6.07) is 16.1. The molecular weight excluding hydrogens is 284 g/mol. The highest BCUT2D eigenvalue weighted by Crippen LogP contribution is 2.18. The molecule has 2 aromatic carbocycles. The van der Waals surface area contributed by atoms with Gasteiger partial charge in [0, 0.05) is 25.9 Å². The maximum Gasteiger partial charge on any atom is 0.220 e. The number of oxazole rings is 1. The van der Waals surface area contributed by atoms with E-state index in [0.29, 0.717) is 5.89 Å². The second-order valence-electron chi connectivity index (χ2n) is 4.84. The maximum absolute atomic E-state index is 5.65. The summed E-state index contributed by atoms with van der Waals surface area (Å²) in [5.74, 6) is 0.628. The lowest BCUT2D eigenvalue weighted by molar-refractivity contribution is 0.590. The highest BCUT2D eigenvalue weighted by atomic mass is 35.5. The Labute approximate surface area is 130 Å². The van der Waals surface area contributed by atoms with E-state index in [1.807, 2.05) is 50.5 Å². The van der Waals surface area contributed by atoms with Crippen LogP contribution in [0.25, 0.3) is 23.3 Å². The first-order valence-corrected chi connectivity index (χ1v) is 6.53. The van der Waals surface area contributed by atoms with Crippen molar-refractivity contribution in [3.05, 3.63) is 60.0 Å². The largest absolute Gasteiger partial charge is 0.437 e. The van der Waals surface area contributed by atoms with Gasteiger partial charge in [0.25, 0.3) is 0 Å². The molecule has 4 heteroatoms. The second kappa shape index (κ2) is 6.46. The predicted molar refractivity (Wildman–Crippen MR) is 91.0 cm³/mol. The molecule has 3 nitrogen and oxygen atoms in total. The molecule has 0 N–H and O–H groups in total. The lowest BCUT2D eigenvalue weighted by atomic mass is 10.2. The van der Waals surface area contributed by atoms with Crippen molar-refractivity contribution >= 4 is 41.3 Å². The molecular formula is C17H17ClN2O. The Bertz CT molecular complexity index is 712. The number of para-hydroxylation sites is 2. The summed E-state index contributed by atoms with van der Waals surface area (Å²) in [6.07, 6.45) is 3.90. The van der Waals surface area contributed by atoms with Crippen molar-refractivity contribution in [2.24, 2.45) is 0 Å². The molecule has 0 unspecified atom stereocenters. The average molecular weight is 301 g/mol. The third-order valence-electron chi connectivity index (χ3n) is 3.14. The topological polar surface area (TPSA) is 29.3 Å². The van der Waals surface area contributed by atoms with Gasteiger partial charge < -0.3 is 9.32 Å². The van der Waals surface area contributed by atoms with Gasteiger partial charge in [0.2, 0.25) is 5.89 Å². The molecule has 1 aromatic heterocycles. The van der Waals surface area contributed by atoms with Crippen LogP contribution in [0.15, 0.2) is 52.9 Å². The Balaban J connectivity index is 0.00000161. The molecule has 0 bridgehead atoms. The van der Waals surface area contributed by atoms with E-state index in [2.05, 4.69) is 34.1 Å². The van der Waals surface area contributed by atoms with Crippen molar-refractivity contribution in [2.45, 2.75) is 0 Å². The molecule has 108 valence electrons. The summed E-state index contributed by atoms with van der Waals surface area (Å²) in [7, 11) is 4.06. The smallest absolute Gasteiger partial charge is 0.220 e. The Kier molecular flexibility index (Phi) is 4.66. The van der Waals surface area contributed by atoms with Crippen LogP contribution in [0.5, 0.6) is 0 Å². The monoisotopic (exact) mass is 300 g/mol. The van der Waals surface area contributed by atoms with E-state index >= 15 is 0 Å². The molecule has 3 rings (SSSR count). The first-order valence-electron chi connectivity index (χ1n) is 6.53. The summed E-state index contributed by atoms with van der Waals surface area (Å²) in [6.45, 7) is 0. The minimum atomic E-state index is 0. The third-order valence-corrected chi connectivity index (χ3v) is 3.14. The number of rotatable bonds is 3. The molecule has 0 aliphatic heterocycles. The van der Waals surface area contributed by atoms with Gasteiger partial charge in [-0.3, -0.25) is 0 Å². The lowest BCUT2D eigenvalue weighted by Crippen LogP contribution is -2.07. The van der Waals surface area contributed by atoms with E-state index in [0.717, 1.165) is 16.7 Å². The molecule has 0 radical (unpaired) electrons. The zero-order valence-corrected chi connectivity index (χ0v) is 12.8. The Morgan fingerprint density at radius 3 is 2.33 bits per heavy atom. The standard InChI is InChI=1S/C17H16N2O.ClH/c1-19(2)14-10-7-13(8-11-14)9-12-17-18-15-5-3-4-6-16(15)20-17;/h3-12H,1-2H3;1H/b12-9+;. The van der Waals surface area contributed by atoms with Crippen molar-refractivity contribution in [2.75, 3.05) is 19.0 Å². The van der Waals surface area contributed by atoms with Gasteiger partial charge in [-0.15, -0.1) is 12.4 Å². The van der Waals surface area contributed by atoms with Gasteiger partial charge in [-0.25, -0.2) is 4.98 Å². The molecule has 0 aliphatic rings. The van der Waals surface area contributed by atoms with E-state index in [1.54, 1.807) is 0 Å². The summed E-state index contributed by atoms with van der Waals surface area (Å²) in [4.78, 5) is 6.49. The van der Waals surface area contributed by atoms with Crippen molar-refractivity contribution in [1.82, 2.24) is 4.98 Å². The van der Waals surface area contributed by atoms with Crippen LogP contribution in [0.3, 0.4) is 0 Å². The van der Waals surface area contributed by atoms with Crippen molar-refractivity contribution in [3.8, 4) is 0 Å². The van der Waals surface area contributed by atoms with Crippen LogP contribution in [-0.2, 0) is 0 Å². The number of anilines is 1. The van der Waals surface area contributed by atoms with Gasteiger partial charge in [-0.05, 0) is 35.9 Å². The van der Waals surface area contributed by atoms with Crippen molar-refractivity contribution in [3.63, 3.8) is 0 Å². The van der Waals surface area contributed by atoms with Crippen molar-refractivity contribution < 1.29 is 4.42 Å². The van der Waals surface area contributed by atoms with Gasteiger partial charge in [0.15, 0.2) is 5.58 Å². The van der Waals surface area contributed by atoms with Crippen LogP contribution in [0, 0.1) is 0 Å². The van der Waals surface area contributed by atoms with Crippen LogP contribution >= 0.6 is 12.4 Å². The number of fused-ring (bicyclic) bond motifs is 1. The Morgan fingerprint density at radius 1 is 0.952 bits per heavy atom. The fraction of sp³-hybridized carbons (Fsp3) is 0.118. The number of benzene rings is 2. The Hall–Kier alpha value is -2.26. The molecule has 21 heavy (non-hydrogen) atoms. The van der Waals surface area contributed by atoms with E-state index in [9.17, 15) is 0 Å². The van der Waals surface area contributed by atoms with Gasteiger partial charge in [-0.1, -0.05) is 24.3 Å². The predicted octanol–water partition coefficient (Wildman–Crippen LogP) is 4.49. The molecule has 0 atom stereocenters. The fourth-order valence-corrected chi connectivity index (χ4v) is 2.01. The normalized spacial score (nSPS) is 10.8. The van der Waals surface area contributed by atoms with Crippen LogP contribution in [-0.4, -0.2) is 19.1 Å². The minimum Gasteiger partial charge on any atom is -0.437 e. The maximum atomic E-state index is 5.65. The minimum absolute atomic E-state index is 0. The molecule has 0 amide bonds. The molecule has 0 saturated carbocycles. The molecule has 1 heterocycles. The van der Waals surface area contributed by atoms with Crippen molar-refractivity contribution in [1.29, 1.82) is 0 Å². The SMILES string of the molecule is CN(C)c1ccc(/C=C/c2nc3ccccc3o2)cc1.Cl. The summed E-state index contributed by atoms with van der Waals surface area (Å²) in [5.41, 5.74) is 4.01. The second-order valence-corrected chi connectivity index (χ2v) is 4.84. The van der Waals surface area contributed by atoms with Crippen LogP contribution in [0.4, 0.5) is 5.69 Å². The summed E-state index contributed by atoms with van der Waals surface area (Å²) >= 11 is 0. The number of halogens is 1. The fourth-order valence-electron chi connectivity index (χ4n) is 2.01.